The molecule has 2 N–H and O–H groups in total. The first kappa shape index (κ1) is 29.4. The molecule has 0 aliphatic heterocycles. The van der Waals surface area contributed by atoms with E-state index in [1.165, 1.54) is 28.0 Å². The molecule has 3 aromatic rings. The SMILES string of the molecule is CCn1c(CC(=O)Nc2ccc(Cl)c(Cl)c2)nnc1SCC(=O)Nc1sc2c(c1C#N)CC[C@H](C(C)(C)C)C2. The number of thiophene rings is 1. The molecule has 0 radical (unpaired) electrons. The molecule has 206 valence electrons. The minimum absolute atomic E-state index is 0.00960. The Morgan fingerprint density at radius 2 is 1.97 bits per heavy atom. The summed E-state index contributed by atoms with van der Waals surface area (Å²) < 4.78 is 1.81. The monoisotopic (exact) mass is 604 g/mol. The zero-order chi connectivity index (χ0) is 28.3. The Labute approximate surface area is 246 Å². The summed E-state index contributed by atoms with van der Waals surface area (Å²) in [4.78, 5) is 26.6. The maximum atomic E-state index is 12.9. The maximum absolute atomic E-state index is 12.9. The molecule has 0 fully saturated rings. The second-order valence-corrected chi connectivity index (χ2v) is 13.3. The fraction of sp³-hybridized carbons (Fsp3) is 0.444. The zero-order valence-corrected chi connectivity index (χ0v) is 25.4. The van der Waals surface area contributed by atoms with Gasteiger partial charge in [-0.25, -0.2) is 0 Å². The summed E-state index contributed by atoms with van der Waals surface area (Å²) in [5, 5.41) is 25.8. The van der Waals surface area contributed by atoms with Gasteiger partial charge in [-0.15, -0.1) is 21.5 Å². The lowest BCUT2D eigenvalue weighted by molar-refractivity contribution is -0.116. The lowest BCUT2D eigenvalue weighted by Gasteiger charge is -2.33. The Balaban J connectivity index is 1.37. The van der Waals surface area contributed by atoms with Gasteiger partial charge in [0.15, 0.2) is 5.16 Å². The van der Waals surface area contributed by atoms with Gasteiger partial charge in [0.25, 0.3) is 0 Å². The van der Waals surface area contributed by atoms with Gasteiger partial charge in [0.05, 0.1) is 27.8 Å². The van der Waals surface area contributed by atoms with Crippen molar-refractivity contribution in [2.24, 2.45) is 11.3 Å². The first-order chi connectivity index (χ1) is 18.5. The minimum Gasteiger partial charge on any atom is -0.326 e. The number of hydrogen-bond donors (Lipinski definition) is 2. The number of nitriles is 1. The van der Waals surface area contributed by atoms with E-state index in [1.54, 1.807) is 18.2 Å². The molecule has 1 aliphatic carbocycles. The molecule has 4 rings (SSSR count). The fourth-order valence-corrected chi connectivity index (χ4v) is 7.03. The smallest absolute Gasteiger partial charge is 0.235 e. The van der Waals surface area contributed by atoms with Crippen LogP contribution in [0.3, 0.4) is 0 Å². The average molecular weight is 606 g/mol. The number of hydrogen-bond acceptors (Lipinski definition) is 7. The van der Waals surface area contributed by atoms with Gasteiger partial charge in [-0.2, -0.15) is 5.26 Å². The third-order valence-corrected chi connectivity index (χ3v) is 9.69. The van der Waals surface area contributed by atoms with Crippen LogP contribution in [0.4, 0.5) is 10.7 Å². The number of anilines is 2. The fourth-order valence-electron chi connectivity index (χ4n) is 4.62. The number of halogens is 2. The van der Waals surface area contributed by atoms with Crippen LogP contribution in [-0.2, 0) is 35.4 Å². The number of amides is 2. The van der Waals surface area contributed by atoms with Crippen LogP contribution in [0.25, 0.3) is 0 Å². The number of benzene rings is 1. The Morgan fingerprint density at radius 3 is 2.64 bits per heavy atom. The molecule has 0 spiro atoms. The Kier molecular flexibility index (Phi) is 9.27. The molecule has 1 aliphatic rings. The van der Waals surface area contributed by atoms with Gasteiger partial charge in [-0.3, -0.25) is 9.59 Å². The Hall–Kier alpha value is -2.58. The van der Waals surface area contributed by atoms with Crippen LogP contribution in [0.5, 0.6) is 0 Å². The van der Waals surface area contributed by atoms with Crippen LogP contribution < -0.4 is 10.6 Å². The van der Waals surface area contributed by atoms with Crippen molar-refractivity contribution in [3.05, 3.63) is 50.1 Å². The lowest BCUT2D eigenvalue weighted by Crippen LogP contribution is -2.26. The van der Waals surface area contributed by atoms with Crippen LogP contribution in [-0.4, -0.2) is 32.3 Å². The number of aromatic nitrogens is 3. The minimum atomic E-state index is -0.274. The molecule has 8 nitrogen and oxygen atoms in total. The third-order valence-electron chi connectivity index (χ3n) is 6.82. The standard InChI is InChI=1S/C27H30Cl2N6O2S2/c1-5-35-22(12-23(36)31-16-7-9-19(28)20(29)11-16)33-34-26(35)38-14-24(37)32-25-18(13-30)17-8-6-15(27(2,3)4)10-21(17)39-25/h7,9,11,15H,5-6,8,10,12,14H2,1-4H3,(H,31,36)(H,32,37)/t15-/m0/s1. The molecular formula is C27H30Cl2N6O2S2. The molecule has 1 atom stereocenters. The normalized spacial score (nSPS) is 14.9. The highest BCUT2D eigenvalue weighted by molar-refractivity contribution is 7.99. The molecule has 1 aromatic carbocycles. The van der Waals surface area contributed by atoms with Crippen LogP contribution >= 0.6 is 46.3 Å². The summed E-state index contributed by atoms with van der Waals surface area (Å²) in [6.45, 7) is 9.23. The van der Waals surface area contributed by atoms with E-state index in [9.17, 15) is 14.9 Å². The number of nitrogens with zero attached hydrogens (tertiary/aromatic N) is 4. The van der Waals surface area contributed by atoms with E-state index in [0.717, 1.165) is 24.8 Å². The van der Waals surface area contributed by atoms with Crippen molar-refractivity contribution in [2.75, 3.05) is 16.4 Å². The summed E-state index contributed by atoms with van der Waals surface area (Å²) in [6, 6.07) is 7.17. The van der Waals surface area contributed by atoms with Gasteiger partial charge in [0.2, 0.25) is 11.8 Å². The zero-order valence-electron chi connectivity index (χ0n) is 22.2. The van der Waals surface area contributed by atoms with Crippen molar-refractivity contribution in [1.82, 2.24) is 14.8 Å². The highest BCUT2D eigenvalue weighted by Crippen LogP contribution is 2.44. The topological polar surface area (TPSA) is 113 Å². The molecule has 2 aromatic heterocycles. The molecule has 2 heterocycles. The van der Waals surface area contributed by atoms with Gasteiger partial charge in [-0.1, -0.05) is 55.7 Å². The van der Waals surface area contributed by atoms with Crippen LogP contribution in [0, 0.1) is 22.7 Å². The van der Waals surface area contributed by atoms with E-state index >= 15 is 0 Å². The van der Waals surface area contributed by atoms with E-state index in [1.807, 2.05) is 11.5 Å². The van der Waals surface area contributed by atoms with Crippen molar-refractivity contribution < 1.29 is 9.59 Å². The predicted molar refractivity (Wildman–Crippen MR) is 158 cm³/mol. The Morgan fingerprint density at radius 1 is 1.21 bits per heavy atom. The maximum Gasteiger partial charge on any atom is 0.235 e. The van der Waals surface area contributed by atoms with Crippen LogP contribution in [0.2, 0.25) is 10.0 Å². The van der Waals surface area contributed by atoms with Gasteiger partial charge in [-0.05, 0) is 61.3 Å². The van der Waals surface area contributed by atoms with Gasteiger partial charge in [0.1, 0.15) is 16.9 Å². The third kappa shape index (κ3) is 6.95. The van der Waals surface area contributed by atoms with Gasteiger partial charge >= 0.3 is 0 Å². The van der Waals surface area contributed by atoms with Crippen molar-refractivity contribution in [1.29, 1.82) is 5.26 Å². The van der Waals surface area contributed by atoms with E-state index < -0.39 is 0 Å². The predicted octanol–water partition coefficient (Wildman–Crippen LogP) is 6.60. The van der Waals surface area contributed by atoms with E-state index in [-0.39, 0.29) is 29.4 Å². The van der Waals surface area contributed by atoms with Crippen molar-refractivity contribution >= 4 is 68.8 Å². The second kappa shape index (κ2) is 12.3. The summed E-state index contributed by atoms with van der Waals surface area (Å²) in [7, 11) is 0. The molecule has 2 amide bonds. The quantitative estimate of drug-likeness (QED) is 0.280. The number of carbonyl (C=O) groups excluding carboxylic acids is 2. The van der Waals surface area contributed by atoms with E-state index in [0.29, 0.717) is 49.7 Å². The molecule has 39 heavy (non-hydrogen) atoms. The molecule has 0 saturated carbocycles. The van der Waals surface area contributed by atoms with Crippen LogP contribution in [0.15, 0.2) is 23.4 Å². The number of rotatable bonds is 8. The number of carbonyl (C=O) groups is 2. The van der Waals surface area contributed by atoms with Crippen molar-refractivity contribution in [2.45, 2.75) is 65.1 Å². The first-order valence-electron chi connectivity index (χ1n) is 12.6. The number of nitrogens with one attached hydrogen (secondary N) is 2. The summed E-state index contributed by atoms with van der Waals surface area (Å²) in [6.07, 6.45) is 2.85. The van der Waals surface area contributed by atoms with Crippen LogP contribution in [0.1, 0.15) is 55.9 Å². The average Bonchev–Trinajstić information content (AvgIpc) is 3.43. The Bertz CT molecular complexity index is 1440. The molecule has 0 unspecified atom stereocenters. The first-order valence-corrected chi connectivity index (χ1v) is 15.2. The molecular weight excluding hydrogens is 575 g/mol. The largest absolute Gasteiger partial charge is 0.326 e. The number of fused-ring (bicyclic) bond motifs is 1. The van der Waals surface area contributed by atoms with E-state index in [4.69, 9.17) is 23.2 Å². The highest BCUT2D eigenvalue weighted by atomic mass is 35.5. The summed E-state index contributed by atoms with van der Waals surface area (Å²) in [5.41, 5.74) is 2.41. The van der Waals surface area contributed by atoms with Crippen molar-refractivity contribution in [3.63, 3.8) is 0 Å². The van der Waals surface area contributed by atoms with Gasteiger partial charge < -0.3 is 15.2 Å². The highest BCUT2D eigenvalue weighted by Gasteiger charge is 2.32. The van der Waals surface area contributed by atoms with Gasteiger partial charge in [0, 0.05) is 17.1 Å². The lowest BCUT2D eigenvalue weighted by atomic mass is 9.72. The van der Waals surface area contributed by atoms with Crippen molar-refractivity contribution in [3.8, 4) is 6.07 Å². The summed E-state index contributed by atoms with van der Waals surface area (Å²) in [5.74, 6) is 0.654. The number of thioether (sulfide) groups is 1. The molecule has 12 heteroatoms. The van der Waals surface area contributed by atoms with E-state index in [2.05, 4.69) is 47.7 Å². The summed E-state index contributed by atoms with van der Waals surface area (Å²) >= 11 is 14.7. The molecule has 0 saturated heterocycles. The second-order valence-electron chi connectivity index (χ2n) is 10.5. The molecule has 0 bridgehead atoms.